The van der Waals surface area contributed by atoms with Gasteiger partial charge in [0.1, 0.15) is 10.8 Å². The van der Waals surface area contributed by atoms with Crippen LogP contribution in [-0.4, -0.2) is 47.0 Å². The van der Waals surface area contributed by atoms with Gasteiger partial charge in [-0.25, -0.2) is 4.68 Å². The summed E-state index contributed by atoms with van der Waals surface area (Å²) in [5, 5.41) is 0.891. The highest BCUT2D eigenvalue weighted by molar-refractivity contribution is 6.31. The molecule has 0 spiro atoms. The molecule has 3 aromatic rings. The van der Waals surface area contributed by atoms with Gasteiger partial charge in [-0.15, -0.1) is 0 Å². The van der Waals surface area contributed by atoms with E-state index in [2.05, 4.69) is 15.9 Å². The number of rotatable bonds is 6. The number of aromatic nitrogens is 2. The number of halogens is 2. The molecule has 1 aliphatic heterocycles. The van der Waals surface area contributed by atoms with E-state index in [1.807, 2.05) is 49.0 Å². The summed E-state index contributed by atoms with van der Waals surface area (Å²) in [6.45, 7) is 6.77. The molecule has 0 amide bonds. The van der Waals surface area contributed by atoms with Gasteiger partial charge in [-0.1, -0.05) is 35.3 Å². The maximum absolute atomic E-state index is 12.8. The minimum absolute atomic E-state index is 0.217. The van der Waals surface area contributed by atoms with Gasteiger partial charge in [-0.3, -0.25) is 14.4 Å². The van der Waals surface area contributed by atoms with Gasteiger partial charge in [-0.05, 0) is 43.3 Å². The van der Waals surface area contributed by atoms with E-state index < -0.39 is 0 Å². The van der Waals surface area contributed by atoms with Gasteiger partial charge in [0.05, 0.1) is 23.7 Å². The van der Waals surface area contributed by atoms with Crippen molar-refractivity contribution in [2.24, 2.45) is 7.05 Å². The number of para-hydroxylation sites is 2. The molecule has 0 radical (unpaired) electrons. The van der Waals surface area contributed by atoms with Crippen molar-refractivity contribution in [3.05, 3.63) is 74.6 Å². The molecule has 1 fully saturated rings. The summed E-state index contributed by atoms with van der Waals surface area (Å²) in [5.41, 5.74) is 2.46. The fraction of sp³-hybridized carbons (Fsp3) is 0.348. The molecule has 6 nitrogen and oxygen atoms in total. The van der Waals surface area contributed by atoms with E-state index >= 15 is 0 Å². The number of ether oxygens (including phenoxy) is 1. The lowest BCUT2D eigenvalue weighted by Crippen LogP contribution is -2.46. The predicted octanol–water partition coefficient (Wildman–Crippen LogP) is 4.20. The SMILES string of the molecule is CCOc1ccccc1N1CCN(Cc2c(Cl)c(=O)n(-c3ccc(Cl)cc3)n2C)CC1. The van der Waals surface area contributed by atoms with E-state index in [9.17, 15) is 4.79 Å². The van der Waals surface area contributed by atoms with Crippen LogP contribution in [0.4, 0.5) is 5.69 Å². The van der Waals surface area contributed by atoms with E-state index in [1.165, 1.54) is 0 Å². The Bertz CT molecular complexity index is 1100. The second-order valence-electron chi connectivity index (χ2n) is 7.54. The van der Waals surface area contributed by atoms with Crippen LogP contribution >= 0.6 is 23.2 Å². The third-order valence-corrected chi connectivity index (χ3v) is 6.28. The van der Waals surface area contributed by atoms with Crippen molar-refractivity contribution < 1.29 is 4.74 Å². The van der Waals surface area contributed by atoms with Crippen LogP contribution in [0.2, 0.25) is 10.0 Å². The second kappa shape index (κ2) is 9.39. The van der Waals surface area contributed by atoms with Crippen molar-refractivity contribution in [1.29, 1.82) is 0 Å². The highest BCUT2D eigenvalue weighted by Gasteiger charge is 2.24. The summed E-state index contributed by atoms with van der Waals surface area (Å²) in [6, 6.07) is 15.3. The Morgan fingerprint density at radius 3 is 2.32 bits per heavy atom. The Labute approximate surface area is 192 Å². The van der Waals surface area contributed by atoms with E-state index in [1.54, 1.807) is 16.8 Å². The fourth-order valence-corrected chi connectivity index (χ4v) is 4.40. The van der Waals surface area contributed by atoms with Gasteiger partial charge in [0.15, 0.2) is 0 Å². The summed E-state index contributed by atoms with van der Waals surface area (Å²) in [7, 11) is 1.87. The Morgan fingerprint density at radius 1 is 0.968 bits per heavy atom. The molecular weight excluding hydrogens is 435 g/mol. The normalized spacial score (nSPS) is 14.8. The summed E-state index contributed by atoms with van der Waals surface area (Å²) in [6.07, 6.45) is 0. The van der Waals surface area contributed by atoms with Crippen LogP contribution in [0.25, 0.3) is 5.69 Å². The molecule has 8 heteroatoms. The zero-order valence-electron chi connectivity index (χ0n) is 17.7. The van der Waals surface area contributed by atoms with Crippen molar-refractivity contribution in [2.45, 2.75) is 13.5 Å². The van der Waals surface area contributed by atoms with Gasteiger partial charge in [-0.2, -0.15) is 0 Å². The van der Waals surface area contributed by atoms with Crippen molar-refractivity contribution in [3.8, 4) is 11.4 Å². The summed E-state index contributed by atoms with van der Waals surface area (Å²) in [4.78, 5) is 17.5. The molecule has 0 bridgehead atoms. The molecule has 2 heterocycles. The van der Waals surface area contributed by atoms with Crippen molar-refractivity contribution >= 4 is 28.9 Å². The summed E-state index contributed by atoms with van der Waals surface area (Å²) < 4.78 is 9.21. The Morgan fingerprint density at radius 2 is 1.65 bits per heavy atom. The van der Waals surface area contributed by atoms with Crippen LogP contribution in [0.1, 0.15) is 12.6 Å². The number of benzene rings is 2. The first-order valence-electron chi connectivity index (χ1n) is 10.4. The third kappa shape index (κ3) is 4.47. The largest absolute Gasteiger partial charge is 0.492 e. The highest BCUT2D eigenvalue weighted by Crippen LogP contribution is 2.29. The van der Waals surface area contributed by atoms with Crippen molar-refractivity contribution in [1.82, 2.24) is 14.3 Å². The number of piperazine rings is 1. The lowest BCUT2D eigenvalue weighted by molar-refractivity contribution is 0.242. The van der Waals surface area contributed by atoms with Crippen molar-refractivity contribution in [3.63, 3.8) is 0 Å². The molecule has 4 rings (SSSR count). The molecule has 1 saturated heterocycles. The number of anilines is 1. The smallest absolute Gasteiger partial charge is 0.290 e. The summed E-state index contributed by atoms with van der Waals surface area (Å²) in [5.74, 6) is 0.920. The Hall–Kier alpha value is -2.41. The first-order valence-corrected chi connectivity index (χ1v) is 11.2. The van der Waals surface area contributed by atoms with Gasteiger partial charge < -0.3 is 9.64 Å². The molecule has 1 aromatic heterocycles. The average molecular weight is 461 g/mol. The molecule has 2 aromatic carbocycles. The number of hydrogen-bond acceptors (Lipinski definition) is 4. The molecule has 1 aliphatic rings. The van der Waals surface area contributed by atoms with Crippen LogP contribution in [0.3, 0.4) is 0 Å². The predicted molar refractivity (Wildman–Crippen MR) is 126 cm³/mol. The molecule has 0 saturated carbocycles. The van der Waals surface area contributed by atoms with E-state index in [0.29, 0.717) is 18.2 Å². The fourth-order valence-electron chi connectivity index (χ4n) is 4.01. The van der Waals surface area contributed by atoms with Gasteiger partial charge in [0.25, 0.3) is 5.56 Å². The molecule has 0 unspecified atom stereocenters. The molecule has 31 heavy (non-hydrogen) atoms. The lowest BCUT2D eigenvalue weighted by atomic mass is 10.2. The minimum atomic E-state index is -0.217. The van der Waals surface area contributed by atoms with Gasteiger partial charge in [0, 0.05) is 44.8 Å². The standard InChI is InChI=1S/C23H26Cl2N4O2/c1-3-31-21-7-5-4-6-19(21)28-14-12-27(13-15-28)16-20-22(25)23(30)29(26(20)2)18-10-8-17(24)9-11-18/h4-11H,3,12-16H2,1-2H3. The average Bonchev–Trinajstić information content (AvgIpc) is 2.99. The van der Waals surface area contributed by atoms with Crippen molar-refractivity contribution in [2.75, 3.05) is 37.7 Å². The van der Waals surface area contributed by atoms with Crippen LogP contribution in [0, 0.1) is 0 Å². The monoisotopic (exact) mass is 460 g/mol. The minimum Gasteiger partial charge on any atom is -0.492 e. The molecule has 0 aliphatic carbocycles. The molecule has 0 atom stereocenters. The van der Waals surface area contributed by atoms with Crippen LogP contribution < -0.4 is 15.2 Å². The summed E-state index contributed by atoms with van der Waals surface area (Å²) >= 11 is 12.5. The van der Waals surface area contributed by atoms with E-state index in [4.69, 9.17) is 27.9 Å². The zero-order valence-corrected chi connectivity index (χ0v) is 19.2. The van der Waals surface area contributed by atoms with Gasteiger partial charge >= 0.3 is 0 Å². The Kier molecular flexibility index (Phi) is 6.60. The third-order valence-electron chi connectivity index (χ3n) is 5.65. The zero-order chi connectivity index (χ0) is 22.0. The van der Waals surface area contributed by atoms with Crippen LogP contribution in [-0.2, 0) is 13.6 Å². The highest BCUT2D eigenvalue weighted by atomic mass is 35.5. The van der Waals surface area contributed by atoms with Gasteiger partial charge in [0.2, 0.25) is 0 Å². The number of hydrogen-bond donors (Lipinski definition) is 0. The first-order chi connectivity index (χ1) is 15.0. The maximum Gasteiger partial charge on any atom is 0.290 e. The quantitative estimate of drug-likeness (QED) is 0.552. The first kappa shape index (κ1) is 21.8. The number of nitrogens with zero attached hydrogens (tertiary/aromatic N) is 4. The topological polar surface area (TPSA) is 42.6 Å². The molecular formula is C23H26Cl2N4O2. The van der Waals surface area contributed by atoms with E-state index in [0.717, 1.165) is 49.0 Å². The second-order valence-corrected chi connectivity index (χ2v) is 8.36. The molecule has 164 valence electrons. The Balaban J connectivity index is 1.49. The van der Waals surface area contributed by atoms with E-state index in [-0.39, 0.29) is 10.6 Å². The lowest BCUT2D eigenvalue weighted by Gasteiger charge is -2.36. The maximum atomic E-state index is 12.8. The molecule has 0 N–H and O–H groups in total. The van der Waals surface area contributed by atoms with Crippen LogP contribution in [0.5, 0.6) is 5.75 Å². The van der Waals surface area contributed by atoms with Crippen LogP contribution in [0.15, 0.2) is 53.3 Å².